The van der Waals surface area contributed by atoms with E-state index in [9.17, 15) is 0 Å². The molecule has 0 atom stereocenters. The largest absolute Gasteiger partial charge is 0.368 e. The van der Waals surface area contributed by atoms with Crippen LogP contribution in [0.5, 0.6) is 0 Å². The summed E-state index contributed by atoms with van der Waals surface area (Å²) in [7, 11) is 0. The zero-order valence-electron chi connectivity index (χ0n) is 6.62. The molecular weight excluding hydrogens is 174 g/mol. The van der Waals surface area contributed by atoms with Crippen LogP contribution in [0.3, 0.4) is 0 Å². The summed E-state index contributed by atoms with van der Waals surface area (Å²) in [5.41, 5.74) is 7.17. The van der Waals surface area contributed by atoms with Gasteiger partial charge in [-0.15, -0.1) is 0 Å². The van der Waals surface area contributed by atoms with Gasteiger partial charge in [-0.25, -0.2) is 10.4 Å². The fraction of sp³-hybridized carbons (Fsp3) is 0. The van der Waals surface area contributed by atoms with E-state index in [0.29, 0.717) is 5.82 Å². The molecule has 70 valence electrons. The van der Waals surface area contributed by atoms with Crippen molar-refractivity contribution in [3.63, 3.8) is 0 Å². The van der Waals surface area contributed by atoms with Crippen LogP contribution in [0, 0.1) is 0 Å². The Kier molecular flexibility index (Phi) is 3.15. The number of nitrogens with one attached hydrogen (secondary N) is 1. The second-order valence-electron chi connectivity index (χ2n) is 2.09. The molecule has 0 aliphatic heterocycles. The van der Waals surface area contributed by atoms with Gasteiger partial charge in [-0.1, -0.05) is 6.07 Å². The van der Waals surface area contributed by atoms with E-state index in [-0.39, 0.29) is 11.3 Å². The summed E-state index contributed by atoms with van der Waals surface area (Å²) in [6.45, 7) is 0. The minimum Gasteiger partial charge on any atom is -0.368 e. The van der Waals surface area contributed by atoms with Crippen LogP contribution in [0.4, 0.5) is 5.82 Å². The highest BCUT2D eigenvalue weighted by atomic mass is 16.8. The van der Waals surface area contributed by atoms with Crippen molar-refractivity contribution in [1.29, 1.82) is 0 Å². The Morgan fingerprint density at radius 2 is 2.31 bits per heavy atom. The van der Waals surface area contributed by atoms with E-state index in [4.69, 9.17) is 16.1 Å². The molecule has 1 aromatic rings. The molecule has 0 unspecified atom stereocenters. The van der Waals surface area contributed by atoms with Crippen molar-refractivity contribution in [3.8, 4) is 0 Å². The number of aliphatic imine (C=N–C) groups is 1. The molecule has 7 nitrogen and oxygen atoms in total. The lowest BCUT2D eigenvalue weighted by atomic mass is 10.5. The van der Waals surface area contributed by atoms with Crippen molar-refractivity contribution in [3.05, 3.63) is 24.4 Å². The first-order valence-electron chi connectivity index (χ1n) is 3.38. The monoisotopic (exact) mass is 183 g/mol. The predicted octanol–water partition coefficient (Wildman–Crippen LogP) is -0.387. The summed E-state index contributed by atoms with van der Waals surface area (Å²) in [5, 5.41) is 16.3. The molecule has 0 amide bonds. The van der Waals surface area contributed by atoms with E-state index in [1.807, 2.05) is 5.43 Å². The average Bonchev–Trinajstić information content (AvgIpc) is 2.04. The molecule has 5 N–H and O–H groups in total. The number of nitrogens with zero attached hydrogens (tertiary/aromatic N) is 3. The highest BCUT2D eigenvalue weighted by Crippen LogP contribution is 2.03. The van der Waals surface area contributed by atoms with Crippen LogP contribution in [-0.2, 0) is 0 Å². The molecule has 0 fully saturated rings. The van der Waals surface area contributed by atoms with Gasteiger partial charge in [0.05, 0.1) is 0 Å². The van der Waals surface area contributed by atoms with Gasteiger partial charge in [0.2, 0.25) is 5.96 Å². The summed E-state index contributed by atoms with van der Waals surface area (Å²) < 4.78 is 0. The van der Waals surface area contributed by atoms with E-state index < -0.39 is 0 Å². The first-order valence-corrected chi connectivity index (χ1v) is 3.38. The SMILES string of the molecule is NC(=Nc1ccccn1)NN(O)O. The van der Waals surface area contributed by atoms with Crippen LogP contribution in [0.15, 0.2) is 29.4 Å². The number of hydrogen-bond acceptors (Lipinski definition) is 5. The molecule has 1 heterocycles. The zero-order valence-corrected chi connectivity index (χ0v) is 6.62. The van der Waals surface area contributed by atoms with Gasteiger partial charge in [-0.05, 0) is 12.1 Å². The normalized spacial score (nSPS) is 11.8. The van der Waals surface area contributed by atoms with E-state index in [0.717, 1.165) is 0 Å². The Hall–Kier alpha value is -1.70. The van der Waals surface area contributed by atoms with Gasteiger partial charge >= 0.3 is 0 Å². The first kappa shape index (κ1) is 9.39. The number of guanidine groups is 1. The lowest BCUT2D eigenvalue weighted by molar-refractivity contribution is -0.329. The lowest BCUT2D eigenvalue weighted by Gasteiger charge is -2.06. The van der Waals surface area contributed by atoms with E-state index >= 15 is 0 Å². The maximum atomic E-state index is 8.30. The summed E-state index contributed by atoms with van der Waals surface area (Å²) >= 11 is 0. The third-order valence-electron chi connectivity index (χ3n) is 1.10. The molecule has 0 aliphatic carbocycles. The minimum absolute atomic E-state index is 0.177. The Morgan fingerprint density at radius 3 is 2.85 bits per heavy atom. The van der Waals surface area contributed by atoms with Crippen molar-refractivity contribution >= 4 is 11.8 Å². The molecule has 1 aromatic heterocycles. The highest BCUT2D eigenvalue weighted by molar-refractivity contribution is 5.79. The van der Waals surface area contributed by atoms with Gasteiger partial charge in [0.25, 0.3) is 0 Å². The fourth-order valence-corrected chi connectivity index (χ4v) is 0.671. The molecule has 0 aliphatic rings. The number of nitrogens with two attached hydrogens (primary N) is 1. The Labute approximate surface area is 74.0 Å². The van der Waals surface area contributed by atoms with Crippen molar-refractivity contribution in [2.75, 3.05) is 0 Å². The maximum Gasteiger partial charge on any atom is 0.213 e. The predicted molar refractivity (Wildman–Crippen MR) is 44.1 cm³/mol. The minimum atomic E-state index is -0.290. The van der Waals surface area contributed by atoms with Crippen molar-refractivity contribution in [2.45, 2.75) is 0 Å². The van der Waals surface area contributed by atoms with Crippen LogP contribution in [-0.4, -0.2) is 26.7 Å². The van der Waals surface area contributed by atoms with Crippen molar-refractivity contribution in [1.82, 2.24) is 15.7 Å². The van der Waals surface area contributed by atoms with E-state index in [1.165, 1.54) is 0 Å². The van der Waals surface area contributed by atoms with Crippen LogP contribution >= 0.6 is 0 Å². The van der Waals surface area contributed by atoms with Gasteiger partial charge in [0.15, 0.2) is 5.82 Å². The molecular formula is C6H9N5O2. The van der Waals surface area contributed by atoms with Crippen LogP contribution in [0.25, 0.3) is 0 Å². The van der Waals surface area contributed by atoms with E-state index in [1.54, 1.807) is 24.4 Å². The lowest BCUT2D eigenvalue weighted by Crippen LogP contribution is -2.41. The van der Waals surface area contributed by atoms with Gasteiger partial charge < -0.3 is 5.73 Å². The average molecular weight is 183 g/mol. The maximum absolute atomic E-state index is 8.30. The first-order chi connectivity index (χ1) is 6.18. The zero-order chi connectivity index (χ0) is 9.68. The number of hydrazine groups is 1. The van der Waals surface area contributed by atoms with Crippen LogP contribution in [0.2, 0.25) is 0 Å². The number of rotatable bonds is 2. The second-order valence-corrected chi connectivity index (χ2v) is 2.09. The third kappa shape index (κ3) is 3.47. The molecule has 0 spiro atoms. The Morgan fingerprint density at radius 1 is 1.54 bits per heavy atom. The molecule has 1 rings (SSSR count). The Bertz CT molecular complexity index is 286. The highest BCUT2D eigenvalue weighted by Gasteiger charge is 1.95. The topological polar surface area (TPSA) is 107 Å². The Balaban J connectivity index is 2.66. The third-order valence-corrected chi connectivity index (χ3v) is 1.10. The van der Waals surface area contributed by atoms with Crippen molar-refractivity contribution < 1.29 is 10.4 Å². The van der Waals surface area contributed by atoms with Crippen LogP contribution in [0.1, 0.15) is 0 Å². The number of pyridine rings is 1. The molecule has 0 saturated heterocycles. The smallest absolute Gasteiger partial charge is 0.213 e. The number of aromatic nitrogens is 1. The molecule has 0 bridgehead atoms. The molecule has 0 saturated carbocycles. The summed E-state index contributed by atoms with van der Waals surface area (Å²) in [5.74, 6) is 0.193. The van der Waals surface area contributed by atoms with Crippen LogP contribution < -0.4 is 11.2 Å². The van der Waals surface area contributed by atoms with Gasteiger partial charge in [-0.2, -0.15) is 4.99 Å². The standard InChI is InChI=1S/C6H9N5O2/c7-6(10-11(12)13)9-5-3-1-2-4-8-5/h1-4,12-13H,(H3,7,8,9,10). The van der Waals surface area contributed by atoms with Gasteiger partial charge in [0, 0.05) is 11.5 Å². The quantitative estimate of drug-likeness (QED) is 0.282. The summed E-state index contributed by atoms with van der Waals surface area (Å²) in [6.07, 6.45) is 1.54. The fourth-order valence-electron chi connectivity index (χ4n) is 0.671. The molecule has 0 aromatic carbocycles. The summed E-state index contributed by atoms with van der Waals surface area (Å²) in [4.78, 5) is 7.55. The van der Waals surface area contributed by atoms with Gasteiger partial charge in [-0.3, -0.25) is 10.4 Å². The molecule has 13 heavy (non-hydrogen) atoms. The summed E-state index contributed by atoms with van der Waals surface area (Å²) in [6, 6.07) is 5.08. The van der Waals surface area contributed by atoms with Crippen molar-refractivity contribution in [2.24, 2.45) is 10.7 Å². The molecule has 7 heteroatoms. The number of hydrogen-bond donors (Lipinski definition) is 4. The van der Waals surface area contributed by atoms with Gasteiger partial charge in [0.1, 0.15) is 0 Å². The second kappa shape index (κ2) is 4.36. The molecule has 0 radical (unpaired) electrons. The van der Waals surface area contributed by atoms with E-state index in [2.05, 4.69) is 9.98 Å².